The number of hydrogen-bond acceptors (Lipinski definition) is 2. The summed E-state index contributed by atoms with van der Waals surface area (Å²) in [6.07, 6.45) is 6.54. The van der Waals surface area contributed by atoms with Crippen LogP contribution < -0.4 is 5.32 Å². The molecule has 3 heteroatoms. The van der Waals surface area contributed by atoms with Gasteiger partial charge >= 0.3 is 0 Å². The maximum absolute atomic E-state index is 5.94. The van der Waals surface area contributed by atoms with Crippen LogP contribution in [-0.4, -0.2) is 36.1 Å². The first-order chi connectivity index (χ1) is 9.70. The molecule has 2 fully saturated rings. The minimum atomic E-state index is 0.536. The van der Waals surface area contributed by atoms with Crippen LogP contribution in [0.15, 0.2) is 24.3 Å². The highest BCUT2D eigenvalue weighted by atomic mass is 35.5. The van der Waals surface area contributed by atoms with Crippen molar-refractivity contribution in [1.29, 1.82) is 0 Å². The Morgan fingerprint density at radius 3 is 2.85 bits per heavy atom. The summed E-state index contributed by atoms with van der Waals surface area (Å²) in [5.41, 5.74) is 1.37. The van der Waals surface area contributed by atoms with Crippen LogP contribution in [-0.2, 0) is 6.42 Å². The van der Waals surface area contributed by atoms with E-state index in [2.05, 4.69) is 29.3 Å². The number of benzene rings is 1. The molecule has 1 aromatic carbocycles. The smallest absolute Gasteiger partial charge is 0.0406 e. The molecule has 2 aliphatic heterocycles. The average molecular weight is 293 g/mol. The molecule has 2 nitrogen and oxygen atoms in total. The Morgan fingerprint density at radius 1 is 1.25 bits per heavy atom. The van der Waals surface area contributed by atoms with Gasteiger partial charge in [0.1, 0.15) is 0 Å². The van der Waals surface area contributed by atoms with E-state index >= 15 is 0 Å². The Hall–Kier alpha value is -0.570. The Labute approximate surface area is 127 Å². The lowest BCUT2D eigenvalue weighted by Gasteiger charge is -2.36. The molecule has 20 heavy (non-hydrogen) atoms. The first-order valence-electron chi connectivity index (χ1n) is 7.95. The molecule has 0 aliphatic carbocycles. The quantitative estimate of drug-likeness (QED) is 0.914. The zero-order valence-electron chi connectivity index (χ0n) is 12.3. The van der Waals surface area contributed by atoms with Crippen LogP contribution in [0.25, 0.3) is 0 Å². The highest BCUT2D eigenvalue weighted by Crippen LogP contribution is 2.27. The third-order valence-electron chi connectivity index (χ3n) is 4.80. The molecule has 0 bridgehead atoms. The van der Waals surface area contributed by atoms with E-state index in [1.807, 2.05) is 12.1 Å². The van der Waals surface area contributed by atoms with E-state index in [4.69, 9.17) is 11.6 Å². The minimum absolute atomic E-state index is 0.536. The van der Waals surface area contributed by atoms with E-state index in [1.54, 1.807) is 0 Å². The zero-order chi connectivity index (χ0) is 13.9. The van der Waals surface area contributed by atoms with Gasteiger partial charge in [-0.05, 0) is 69.8 Å². The Bertz CT molecular complexity index is 431. The molecular formula is C17H25ClN2. The molecule has 1 aromatic rings. The van der Waals surface area contributed by atoms with Gasteiger partial charge in [-0.25, -0.2) is 0 Å². The molecule has 3 atom stereocenters. The summed E-state index contributed by atoms with van der Waals surface area (Å²) in [5, 5.41) is 4.66. The van der Waals surface area contributed by atoms with Crippen molar-refractivity contribution in [2.75, 3.05) is 13.1 Å². The molecule has 0 saturated carbocycles. The van der Waals surface area contributed by atoms with Crippen LogP contribution in [0.3, 0.4) is 0 Å². The van der Waals surface area contributed by atoms with Crippen molar-refractivity contribution in [2.45, 2.75) is 57.2 Å². The summed E-state index contributed by atoms with van der Waals surface area (Å²) in [6.45, 7) is 4.92. The van der Waals surface area contributed by atoms with E-state index < -0.39 is 0 Å². The van der Waals surface area contributed by atoms with Crippen molar-refractivity contribution >= 4 is 11.6 Å². The normalized spacial score (nSPS) is 28.3. The van der Waals surface area contributed by atoms with E-state index in [0.29, 0.717) is 12.1 Å². The number of nitrogens with zero attached hydrogens (tertiary/aromatic N) is 1. The summed E-state index contributed by atoms with van der Waals surface area (Å²) in [6, 6.07) is 10.3. The lowest BCUT2D eigenvalue weighted by molar-refractivity contribution is 0.162. The molecule has 0 spiro atoms. The summed E-state index contributed by atoms with van der Waals surface area (Å²) < 4.78 is 0. The largest absolute Gasteiger partial charge is 0.311 e. The molecular weight excluding hydrogens is 268 g/mol. The zero-order valence-corrected chi connectivity index (χ0v) is 13.1. The van der Waals surface area contributed by atoms with Gasteiger partial charge in [-0.2, -0.15) is 0 Å². The van der Waals surface area contributed by atoms with Gasteiger partial charge in [0.05, 0.1) is 0 Å². The van der Waals surface area contributed by atoms with Crippen LogP contribution in [0.5, 0.6) is 0 Å². The second-order valence-electron chi connectivity index (χ2n) is 6.45. The fraction of sp³-hybridized carbons (Fsp3) is 0.647. The molecule has 110 valence electrons. The van der Waals surface area contributed by atoms with Crippen LogP contribution >= 0.6 is 11.6 Å². The number of hydrogen-bond donors (Lipinski definition) is 1. The number of piperidine rings is 1. The predicted octanol–water partition coefficient (Wildman–Crippen LogP) is 3.49. The third-order valence-corrected chi connectivity index (χ3v) is 5.05. The molecule has 0 radical (unpaired) electrons. The molecule has 0 aromatic heterocycles. The predicted molar refractivity (Wildman–Crippen MR) is 85.4 cm³/mol. The van der Waals surface area contributed by atoms with E-state index in [0.717, 1.165) is 17.5 Å². The molecule has 2 aliphatic rings. The van der Waals surface area contributed by atoms with Gasteiger partial charge in [-0.3, -0.25) is 0 Å². The SMILES string of the molecule is CC(Cc1ccc(Cl)cc1)NC1CCN2CCCC2C1. The maximum Gasteiger partial charge on any atom is 0.0406 e. The Balaban J connectivity index is 1.48. The summed E-state index contributed by atoms with van der Waals surface area (Å²) in [5.74, 6) is 0. The lowest BCUT2D eigenvalue weighted by atomic mass is 9.96. The first kappa shape index (κ1) is 14.4. The summed E-state index contributed by atoms with van der Waals surface area (Å²) in [4.78, 5) is 2.68. The number of nitrogens with one attached hydrogen (secondary N) is 1. The van der Waals surface area contributed by atoms with Gasteiger partial charge in [0.25, 0.3) is 0 Å². The average Bonchev–Trinajstić information content (AvgIpc) is 2.89. The van der Waals surface area contributed by atoms with Gasteiger partial charge in [-0.1, -0.05) is 23.7 Å². The van der Waals surface area contributed by atoms with Crippen molar-refractivity contribution in [2.24, 2.45) is 0 Å². The van der Waals surface area contributed by atoms with Crippen molar-refractivity contribution in [1.82, 2.24) is 10.2 Å². The molecule has 2 saturated heterocycles. The minimum Gasteiger partial charge on any atom is -0.311 e. The number of fused-ring (bicyclic) bond motifs is 1. The van der Waals surface area contributed by atoms with Crippen molar-refractivity contribution < 1.29 is 0 Å². The molecule has 0 amide bonds. The Morgan fingerprint density at radius 2 is 2.05 bits per heavy atom. The first-order valence-corrected chi connectivity index (χ1v) is 8.33. The topological polar surface area (TPSA) is 15.3 Å². The van der Waals surface area contributed by atoms with E-state index in [-0.39, 0.29) is 0 Å². The van der Waals surface area contributed by atoms with Crippen molar-refractivity contribution in [3.8, 4) is 0 Å². The highest BCUT2D eigenvalue weighted by Gasteiger charge is 2.31. The highest BCUT2D eigenvalue weighted by molar-refractivity contribution is 6.30. The lowest BCUT2D eigenvalue weighted by Crippen LogP contribution is -2.48. The molecule has 1 N–H and O–H groups in total. The van der Waals surface area contributed by atoms with Crippen LogP contribution in [0, 0.1) is 0 Å². The molecule has 3 unspecified atom stereocenters. The fourth-order valence-corrected chi connectivity index (χ4v) is 3.94. The molecule has 3 rings (SSSR count). The standard InChI is InChI=1S/C17H25ClN2/c1-13(11-14-4-6-15(18)7-5-14)19-16-8-10-20-9-2-3-17(20)12-16/h4-7,13,16-17,19H,2-3,8-12H2,1H3. The van der Waals surface area contributed by atoms with Crippen LogP contribution in [0.4, 0.5) is 0 Å². The van der Waals surface area contributed by atoms with Crippen LogP contribution in [0.2, 0.25) is 5.02 Å². The number of halogens is 1. The van der Waals surface area contributed by atoms with Gasteiger partial charge in [0, 0.05) is 23.1 Å². The van der Waals surface area contributed by atoms with Gasteiger partial charge in [0.15, 0.2) is 0 Å². The third kappa shape index (κ3) is 3.55. The fourth-order valence-electron chi connectivity index (χ4n) is 3.81. The number of rotatable bonds is 4. The second kappa shape index (κ2) is 6.46. The molecule has 2 heterocycles. The maximum atomic E-state index is 5.94. The van der Waals surface area contributed by atoms with Crippen LogP contribution in [0.1, 0.15) is 38.2 Å². The summed E-state index contributed by atoms with van der Waals surface area (Å²) in [7, 11) is 0. The Kier molecular flexibility index (Phi) is 4.65. The van der Waals surface area contributed by atoms with Crippen molar-refractivity contribution in [3.05, 3.63) is 34.9 Å². The van der Waals surface area contributed by atoms with Crippen molar-refractivity contribution in [3.63, 3.8) is 0 Å². The van der Waals surface area contributed by atoms with Gasteiger partial charge in [-0.15, -0.1) is 0 Å². The second-order valence-corrected chi connectivity index (χ2v) is 6.89. The van der Waals surface area contributed by atoms with E-state index in [9.17, 15) is 0 Å². The van der Waals surface area contributed by atoms with Gasteiger partial charge in [0.2, 0.25) is 0 Å². The van der Waals surface area contributed by atoms with Gasteiger partial charge < -0.3 is 10.2 Å². The van der Waals surface area contributed by atoms with E-state index in [1.165, 1.54) is 44.3 Å². The monoisotopic (exact) mass is 292 g/mol. The summed E-state index contributed by atoms with van der Waals surface area (Å²) >= 11 is 5.94.